The van der Waals surface area contributed by atoms with Crippen LogP contribution in [0.3, 0.4) is 0 Å². The van der Waals surface area contributed by atoms with Crippen molar-refractivity contribution in [3.8, 4) is 0 Å². The van der Waals surface area contributed by atoms with Crippen LogP contribution in [0.15, 0.2) is 35.8 Å². The number of thiazole rings is 1. The summed E-state index contributed by atoms with van der Waals surface area (Å²) in [5, 5.41) is 5.09. The molecule has 0 saturated carbocycles. The molecule has 3 rings (SSSR count). The van der Waals surface area contributed by atoms with E-state index in [1.54, 1.807) is 35.8 Å². The summed E-state index contributed by atoms with van der Waals surface area (Å²) in [5.41, 5.74) is 0.910. The lowest BCUT2D eigenvalue weighted by atomic mass is 10.0. The van der Waals surface area contributed by atoms with Gasteiger partial charge in [-0.2, -0.15) is 0 Å². The fourth-order valence-electron chi connectivity index (χ4n) is 2.65. The Morgan fingerprint density at radius 1 is 1.25 bits per heavy atom. The molecule has 0 aliphatic carbocycles. The Hall–Kier alpha value is -2.54. The van der Waals surface area contributed by atoms with Gasteiger partial charge in [0.05, 0.1) is 11.1 Å². The number of carbonyl (C=O) groups excluding carboxylic acids is 3. The number of nitrogens with one attached hydrogen (secondary N) is 1. The Balaban J connectivity index is 1.52. The maximum absolute atomic E-state index is 12.3. The molecule has 6 nitrogen and oxygen atoms in total. The lowest BCUT2D eigenvalue weighted by molar-refractivity contribution is -0.116. The maximum atomic E-state index is 12.3. The van der Waals surface area contributed by atoms with Crippen LogP contribution in [0.2, 0.25) is 0 Å². The van der Waals surface area contributed by atoms with Crippen molar-refractivity contribution in [3.63, 3.8) is 0 Å². The molecular weight excluding hydrogens is 326 g/mol. The normalized spacial score (nSPS) is 14.6. The van der Waals surface area contributed by atoms with Crippen LogP contribution in [0.1, 0.15) is 40.5 Å². The molecule has 1 unspecified atom stereocenters. The standard InChI is InChI=1S/C17H17N3O3S/c1-11(6-7-14(21)19-17-18-8-9-24-17)10-20-15(22)12-4-2-3-5-13(12)16(20)23/h2-5,8-9,11H,6-7,10H2,1H3,(H,18,19,21). The van der Waals surface area contributed by atoms with E-state index in [2.05, 4.69) is 10.3 Å². The monoisotopic (exact) mass is 343 g/mol. The molecule has 7 heteroatoms. The van der Waals surface area contributed by atoms with Gasteiger partial charge >= 0.3 is 0 Å². The highest BCUT2D eigenvalue weighted by atomic mass is 32.1. The predicted molar refractivity (Wildman–Crippen MR) is 91.0 cm³/mol. The number of imide groups is 1. The summed E-state index contributed by atoms with van der Waals surface area (Å²) in [6, 6.07) is 6.84. The van der Waals surface area contributed by atoms with E-state index >= 15 is 0 Å². The zero-order chi connectivity index (χ0) is 17.1. The molecule has 0 saturated heterocycles. The molecule has 0 spiro atoms. The van der Waals surface area contributed by atoms with Crippen molar-refractivity contribution >= 4 is 34.2 Å². The van der Waals surface area contributed by atoms with Gasteiger partial charge in [0.25, 0.3) is 11.8 Å². The summed E-state index contributed by atoms with van der Waals surface area (Å²) in [6.07, 6.45) is 2.54. The molecule has 1 aliphatic rings. The molecule has 2 heterocycles. The highest BCUT2D eigenvalue weighted by molar-refractivity contribution is 7.13. The van der Waals surface area contributed by atoms with Gasteiger partial charge in [-0.05, 0) is 24.5 Å². The number of rotatable bonds is 6. The zero-order valence-electron chi connectivity index (χ0n) is 13.2. The fourth-order valence-corrected chi connectivity index (χ4v) is 3.20. The first-order chi connectivity index (χ1) is 11.6. The molecule has 1 N–H and O–H groups in total. The van der Waals surface area contributed by atoms with E-state index in [9.17, 15) is 14.4 Å². The number of amides is 3. The van der Waals surface area contributed by atoms with Gasteiger partial charge < -0.3 is 5.32 Å². The third kappa shape index (κ3) is 3.35. The molecule has 1 aliphatic heterocycles. The van der Waals surface area contributed by atoms with Crippen molar-refractivity contribution in [2.24, 2.45) is 5.92 Å². The number of aromatic nitrogens is 1. The van der Waals surface area contributed by atoms with Crippen molar-refractivity contribution in [3.05, 3.63) is 47.0 Å². The topological polar surface area (TPSA) is 79.4 Å². The molecule has 0 fully saturated rings. The third-order valence-electron chi connectivity index (χ3n) is 3.92. The molecular formula is C17H17N3O3S. The molecule has 3 amide bonds. The smallest absolute Gasteiger partial charge is 0.261 e. The molecule has 0 radical (unpaired) electrons. The van der Waals surface area contributed by atoms with Crippen LogP contribution in [0.25, 0.3) is 0 Å². The second kappa shape index (κ2) is 6.92. The molecule has 124 valence electrons. The van der Waals surface area contributed by atoms with E-state index in [1.165, 1.54) is 16.2 Å². The van der Waals surface area contributed by atoms with E-state index in [0.717, 1.165) is 0 Å². The van der Waals surface area contributed by atoms with Crippen molar-refractivity contribution in [2.45, 2.75) is 19.8 Å². The predicted octanol–water partition coefficient (Wildman–Crippen LogP) is 2.79. The van der Waals surface area contributed by atoms with Crippen molar-refractivity contribution < 1.29 is 14.4 Å². The summed E-state index contributed by atoms with van der Waals surface area (Å²) < 4.78 is 0. The number of carbonyl (C=O) groups is 3. The summed E-state index contributed by atoms with van der Waals surface area (Å²) >= 11 is 1.36. The van der Waals surface area contributed by atoms with Gasteiger partial charge in [0, 0.05) is 24.5 Å². The molecule has 1 aromatic heterocycles. The molecule has 24 heavy (non-hydrogen) atoms. The largest absolute Gasteiger partial charge is 0.302 e. The Morgan fingerprint density at radius 3 is 2.50 bits per heavy atom. The van der Waals surface area contributed by atoms with Gasteiger partial charge in [0.2, 0.25) is 5.91 Å². The highest BCUT2D eigenvalue weighted by Gasteiger charge is 2.35. The fraction of sp³-hybridized carbons (Fsp3) is 0.294. The number of hydrogen-bond donors (Lipinski definition) is 1. The van der Waals surface area contributed by atoms with Gasteiger partial charge in [-0.25, -0.2) is 4.98 Å². The van der Waals surface area contributed by atoms with Crippen LogP contribution in [-0.4, -0.2) is 34.2 Å². The third-order valence-corrected chi connectivity index (χ3v) is 4.60. The van der Waals surface area contributed by atoms with Gasteiger partial charge in [0.1, 0.15) is 0 Å². The van der Waals surface area contributed by atoms with Crippen LogP contribution in [0.5, 0.6) is 0 Å². The van der Waals surface area contributed by atoms with Gasteiger partial charge in [-0.1, -0.05) is 19.1 Å². The number of hydrogen-bond acceptors (Lipinski definition) is 5. The zero-order valence-corrected chi connectivity index (χ0v) is 14.0. The Morgan fingerprint density at radius 2 is 1.92 bits per heavy atom. The second-order valence-electron chi connectivity index (χ2n) is 5.80. The number of fused-ring (bicyclic) bond motifs is 1. The first-order valence-electron chi connectivity index (χ1n) is 7.71. The van der Waals surface area contributed by atoms with Crippen molar-refractivity contribution in [1.82, 2.24) is 9.88 Å². The van der Waals surface area contributed by atoms with Crippen LogP contribution in [0, 0.1) is 5.92 Å². The van der Waals surface area contributed by atoms with Gasteiger partial charge in [-0.3, -0.25) is 19.3 Å². The lowest BCUT2D eigenvalue weighted by Crippen LogP contribution is -2.34. The number of benzene rings is 1. The van der Waals surface area contributed by atoms with Crippen molar-refractivity contribution in [2.75, 3.05) is 11.9 Å². The minimum Gasteiger partial charge on any atom is -0.302 e. The maximum Gasteiger partial charge on any atom is 0.261 e. The van der Waals surface area contributed by atoms with E-state index in [-0.39, 0.29) is 23.6 Å². The second-order valence-corrected chi connectivity index (χ2v) is 6.69. The minimum atomic E-state index is -0.255. The van der Waals surface area contributed by atoms with E-state index in [4.69, 9.17) is 0 Å². The van der Waals surface area contributed by atoms with Crippen LogP contribution >= 0.6 is 11.3 Å². The Kier molecular flexibility index (Phi) is 4.71. The minimum absolute atomic E-state index is 0.0363. The molecule has 1 aromatic carbocycles. The average molecular weight is 343 g/mol. The van der Waals surface area contributed by atoms with E-state index in [0.29, 0.717) is 35.6 Å². The number of nitrogens with zero attached hydrogens (tertiary/aromatic N) is 2. The van der Waals surface area contributed by atoms with Gasteiger partial charge in [0.15, 0.2) is 5.13 Å². The van der Waals surface area contributed by atoms with Crippen LogP contribution in [0.4, 0.5) is 5.13 Å². The quantitative estimate of drug-likeness (QED) is 0.818. The molecule has 1 atom stereocenters. The highest BCUT2D eigenvalue weighted by Crippen LogP contribution is 2.24. The first-order valence-corrected chi connectivity index (χ1v) is 8.59. The van der Waals surface area contributed by atoms with Crippen LogP contribution < -0.4 is 5.32 Å². The lowest BCUT2D eigenvalue weighted by Gasteiger charge is -2.19. The van der Waals surface area contributed by atoms with Crippen LogP contribution in [-0.2, 0) is 4.79 Å². The van der Waals surface area contributed by atoms with E-state index < -0.39 is 0 Å². The Labute approximate surface area is 143 Å². The SMILES string of the molecule is CC(CCC(=O)Nc1nccs1)CN1C(=O)c2ccccc2C1=O. The number of anilines is 1. The summed E-state index contributed by atoms with van der Waals surface area (Å²) in [5.74, 6) is -0.585. The first kappa shape index (κ1) is 16.3. The van der Waals surface area contributed by atoms with E-state index in [1.807, 2.05) is 6.92 Å². The molecule has 0 bridgehead atoms. The molecule has 2 aromatic rings. The van der Waals surface area contributed by atoms with Crippen molar-refractivity contribution in [1.29, 1.82) is 0 Å². The Bertz CT molecular complexity index is 738. The van der Waals surface area contributed by atoms with Gasteiger partial charge in [-0.15, -0.1) is 11.3 Å². The summed E-state index contributed by atoms with van der Waals surface area (Å²) in [4.78, 5) is 41.8. The average Bonchev–Trinajstić information content (AvgIpc) is 3.16. The summed E-state index contributed by atoms with van der Waals surface area (Å²) in [7, 11) is 0. The summed E-state index contributed by atoms with van der Waals surface area (Å²) in [6.45, 7) is 2.25.